The number of halogens is 1. The average Bonchev–Trinajstić information content (AvgIpc) is 2.41. The molecule has 0 spiro atoms. The van der Waals surface area contributed by atoms with Crippen LogP contribution in [0.4, 0.5) is 5.69 Å². The third-order valence-electron chi connectivity index (χ3n) is 2.53. The van der Waals surface area contributed by atoms with E-state index < -0.39 is 0 Å². The fourth-order valence-electron chi connectivity index (χ4n) is 1.62. The molecule has 1 aromatic carbocycles. The molecular formula is C13H15BrN4. The van der Waals surface area contributed by atoms with Crippen molar-refractivity contribution in [1.82, 2.24) is 9.97 Å². The lowest BCUT2D eigenvalue weighted by Crippen LogP contribution is -2.09. The van der Waals surface area contributed by atoms with Gasteiger partial charge in [-0.25, -0.2) is 9.97 Å². The van der Waals surface area contributed by atoms with Gasteiger partial charge in [-0.3, -0.25) is 0 Å². The maximum atomic E-state index is 5.48. The quantitative estimate of drug-likeness (QED) is 0.834. The molecule has 0 radical (unpaired) electrons. The molecule has 0 amide bonds. The zero-order valence-corrected chi connectivity index (χ0v) is 11.5. The maximum absolute atomic E-state index is 5.48. The van der Waals surface area contributed by atoms with Crippen molar-refractivity contribution in [3.8, 4) is 11.3 Å². The lowest BCUT2D eigenvalue weighted by molar-refractivity contribution is 0.873. The smallest absolute Gasteiger partial charge is 0.116 e. The van der Waals surface area contributed by atoms with Crippen LogP contribution in [-0.2, 0) is 0 Å². The Labute approximate surface area is 115 Å². The number of nitrogens with zero attached hydrogens (tertiary/aromatic N) is 2. The topological polar surface area (TPSA) is 63.8 Å². The van der Waals surface area contributed by atoms with Gasteiger partial charge in [0.1, 0.15) is 6.33 Å². The molecule has 4 nitrogen and oxygen atoms in total. The number of hydrogen-bond donors (Lipinski definition) is 2. The van der Waals surface area contributed by atoms with Gasteiger partial charge in [-0.1, -0.05) is 28.1 Å². The summed E-state index contributed by atoms with van der Waals surface area (Å²) in [6, 6.07) is 8.06. The van der Waals surface area contributed by atoms with E-state index in [2.05, 4.69) is 31.2 Å². The molecule has 1 aromatic heterocycles. The van der Waals surface area contributed by atoms with Crippen molar-refractivity contribution in [2.45, 2.75) is 6.42 Å². The first-order valence-electron chi connectivity index (χ1n) is 5.81. The highest BCUT2D eigenvalue weighted by Gasteiger charge is 2.06. The first-order valence-corrected chi connectivity index (χ1v) is 6.60. The van der Waals surface area contributed by atoms with E-state index in [0.717, 1.165) is 34.4 Å². The maximum Gasteiger partial charge on any atom is 0.116 e. The standard InChI is InChI=1S/C13H15BrN4/c14-11-4-2-10(3-5-11)13-12(8-16-9-18-13)17-7-1-6-15/h2-5,8-9,17H,1,6-7,15H2. The summed E-state index contributed by atoms with van der Waals surface area (Å²) < 4.78 is 1.05. The number of hydrogen-bond acceptors (Lipinski definition) is 4. The van der Waals surface area contributed by atoms with Crippen molar-refractivity contribution in [2.24, 2.45) is 5.73 Å². The van der Waals surface area contributed by atoms with Gasteiger partial charge in [-0.2, -0.15) is 0 Å². The van der Waals surface area contributed by atoms with E-state index in [9.17, 15) is 0 Å². The van der Waals surface area contributed by atoms with Gasteiger partial charge in [0.05, 0.1) is 17.6 Å². The third-order valence-corrected chi connectivity index (χ3v) is 3.05. The highest BCUT2D eigenvalue weighted by Crippen LogP contribution is 2.25. The van der Waals surface area contributed by atoms with Crippen LogP contribution in [-0.4, -0.2) is 23.1 Å². The molecule has 0 bridgehead atoms. The SMILES string of the molecule is NCCCNc1cncnc1-c1ccc(Br)cc1. The lowest BCUT2D eigenvalue weighted by Gasteiger charge is -2.10. The number of benzene rings is 1. The summed E-state index contributed by atoms with van der Waals surface area (Å²) in [6.07, 6.45) is 4.28. The average molecular weight is 307 g/mol. The van der Waals surface area contributed by atoms with Gasteiger partial charge in [-0.05, 0) is 25.1 Å². The van der Waals surface area contributed by atoms with Crippen LogP contribution in [0.2, 0.25) is 0 Å². The minimum absolute atomic E-state index is 0.675. The molecule has 2 rings (SSSR count). The number of nitrogens with two attached hydrogens (primary N) is 1. The number of rotatable bonds is 5. The Hall–Kier alpha value is -1.46. The highest BCUT2D eigenvalue weighted by molar-refractivity contribution is 9.10. The molecule has 18 heavy (non-hydrogen) atoms. The molecule has 0 saturated heterocycles. The molecule has 3 N–H and O–H groups in total. The Kier molecular flexibility index (Phi) is 4.66. The van der Waals surface area contributed by atoms with Crippen molar-refractivity contribution in [1.29, 1.82) is 0 Å². The zero-order valence-electron chi connectivity index (χ0n) is 9.94. The Morgan fingerprint density at radius 1 is 1.22 bits per heavy atom. The Bertz CT molecular complexity index is 499. The van der Waals surface area contributed by atoms with Crippen LogP contribution in [0.15, 0.2) is 41.3 Å². The van der Waals surface area contributed by atoms with Crippen LogP contribution in [0.25, 0.3) is 11.3 Å². The third kappa shape index (κ3) is 3.27. The molecule has 0 atom stereocenters. The van der Waals surface area contributed by atoms with Gasteiger partial charge in [-0.15, -0.1) is 0 Å². The second-order valence-electron chi connectivity index (χ2n) is 3.86. The van der Waals surface area contributed by atoms with E-state index in [1.807, 2.05) is 24.3 Å². The summed E-state index contributed by atoms with van der Waals surface area (Å²) in [5.74, 6) is 0. The van der Waals surface area contributed by atoms with Crippen LogP contribution in [0.5, 0.6) is 0 Å². The van der Waals surface area contributed by atoms with Crippen LogP contribution < -0.4 is 11.1 Å². The number of anilines is 1. The molecule has 0 fully saturated rings. The van der Waals surface area contributed by atoms with Crippen molar-refractivity contribution in [3.05, 3.63) is 41.3 Å². The van der Waals surface area contributed by atoms with E-state index in [1.54, 1.807) is 12.5 Å². The van der Waals surface area contributed by atoms with Crippen LogP contribution in [0.3, 0.4) is 0 Å². The van der Waals surface area contributed by atoms with Gasteiger partial charge in [0, 0.05) is 16.6 Å². The molecule has 0 saturated carbocycles. The first-order chi connectivity index (χ1) is 8.81. The number of aromatic nitrogens is 2. The van der Waals surface area contributed by atoms with E-state index in [1.165, 1.54) is 0 Å². The van der Waals surface area contributed by atoms with Gasteiger partial charge in [0.2, 0.25) is 0 Å². The highest BCUT2D eigenvalue weighted by atomic mass is 79.9. The second-order valence-corrected chi connectivity index (χ2v) is 4.78. The van der Waals surface area contributed by atoms with Gasteiger partial charge >= 0.3 is 0 Å². The molecule has 0 unspecified atom stereocenters. The summed E-state index contributed by atoms with van der Waals surface area (Å²) in [5, 5.41) is 3.31. The summed E-state index contributed by atoms with van der Waals surface area (Å²) in [7, 11) is 0. The Balaban J connectivity index is 2.23. The van der Waals surface area contributed by atoms with Crippen LogP contribution in [0, 0.1) is 0 Å². The van der Waals surface area contributed by atoms with Crippen LogP contribution >= 0.6 is 15.9 Å². The number of nitrogens with one attached hydrogen (secondary N) is 1. The summed E-state index contributed by atoms with van der Waals surface area (Å²) >= 11 is 3.43. The van der Waals surface area contributed by atoms with Gasteiger partial charge in [0.15, 0.2) is 0 Å². The minimum Gasteiger partial charge on any atom is -0.382 e. The van der Waals surface area contributed by atoms with E-state index >= 15 is 0 Å². The van der Waals surface area contributed by atoms with E-state index in [0.29, 0.717) is 6.54 Å². The van der Waals surface area contributed by atoms with E-state index in [4.69, 9.17) is 5.73 Å². The lowest BCUT2D eigenvalue weighted by atomic mass is 10.1. The molecule has 0 aliphatic carbocycles. The van der Waals surface area contributed by atoms with E-state index in [-0.39, 0.29) is 0 Å². The fraction of sp³-hybridized carbons (Fsp3) is 0.231. The summed E-state index contributed by atoms with van der Waals surface area (Å²) in [6.45, 7) is 1.50. The first kappa shape index (κ1) is 13.0. The molecule has 0 aliphatic heterocycles. The zero-order chi connectivity index (χ0) is 12.8. The summed E-state index contributed by atoms with van der Waals surface area (Å²) in [4.78, 5) is 8.39. The summed E-state index contributed by atoms with van der Waals surface area (Å²) in [5.41, 5.74) is 8.40. The normalized spacial score (nSPS) is 10.3. The molecule has 0 aliphatic rings. The predicted molar refractivity (Wildman–Crippen MR) is 77.3 cm³/mol. The Morgan fingerprint density at radius 3 is 2.72 bits per heavy atom. The van der Waals surface area contributed by atoms with Crippen molar-refractivity contribution in [2.75, 3.05) is 18.4 Å². The molecule has 94 valence electrons. The molecule has 1 heterocycles. The predicted octanol–water partition coefficient (Wildman–Crippen LogP) is 2.67. The van der Waals surface area contributed by atoms with Crippen LogP contribution in [0.1, 0.15) is 6.42 Å². The van der Waals surface area contributed by atoms with Gasteiger partial charge < -0.3 is 11.1 Å². The second kappa shape index (κ2) is 6.47. The van der Waals surface area contributed by atoms with Crippen molar-refractivity contribution in [3.63, 3.8) is 0 Å². The Morgan fingerprint density at radius 2 is 2.00 bits per heavy atom. The monoisotopic (exact) mass is 306 g/mol. The minimum atomic E-state index is 0.675. The largest absolute Gasteiger partial charge is 0.382 e. The van der Waals surface area contributed by atoms with Gasteiger partial charge in [0.25, 0.3) is 0 Å². The molecule has 5 heteroatoms. The van der Waals surface area contributed by atoms with Crippen molar-refractivity contribution < 1.29 is 0 Å². The molecule has 2 aromatic rings. The van der Waals surface area contributed by atoms with Crippen molar-refractivity contribution >= 4 is 21.6 Å². The molecular weight excluding hydrogens is 292 g/mol. The fourth-order valence-corrected chi connectivity index (χ4v) is 1.89.